The number of hydrogen-bond acceptors (Lipinski definition) is 3. The van der Waals surface area contributed by atoms with Crippen LogP contribution in [-0.4, -0.2) is 40.7 Å². The number of rotatable bonds is 5. The Bertz CT molecular complexity index is 539. The summed E-state index contributed by atoms with van der Waals surface area (Å²) in [7, 11) is 0. The van der Waals surface area contributed by atoms with E-state index in [-0.39, 0.29) is 24.4 Å². The number of nitrogens with zero attached hydrogens (tertiary/aromatic N) is 2. The van der Waals surface area contributed by atoms with Gasteiger partial charge in [-0.15, -0.1) is 11.3 Å². The van der Waals surface area contributed by atoms with E-state index in [4.69, 9.17) is 0 Å². The molecule has 0 N–H and O–H groups in total. The van der Waals surface area contributed by atoms with E-state index in [9.17, 15) is 9.59 Å². The third-order valence-corrected chi connectivity index (χ3v) is 5.30. The first kappa shape index (κ1) is 18.0. The Balaban J connectivity index is 2.00. The maximum absolute atomic E-state index is 12.7. The van der Waals surface area contributed by atoms with Gasteiger partial charge in [0.15, 0.2) is 0 Å². The van der Waals surface area contributed by atoms with E-state index in [0.29, 0.717) is 19.5 Å². The molecule has 1 aliphatic heterocycles. The van der Waals surface area contributed by atoms with Crippen molar-refractivity contribution in [2.45, 2.75) is 65.5 Å². The lowest BCUT2D eigenvalue weighted by molar-refractivity contribution is -0.142. The predicted octanol–water partition coefficient (Wildman–Crippen LogP) is 3.59. The molecule has 0 aliphatic carbocycles. The van der Waals surface area contributed by atoms with Crippen LogP contribution < -0.4 is 0 Å². The molecule has 4 nitrogen and oxygen atoms in total. The maximum atomic E-state index is 12.7. The predicted molar refractivity (Wildman–Crippen MR) is 94.4 cm³/mol. The number of amides is 2. The number of likely N-dealkylation sites (tertiary alicyclic amines) is 1. The van der Waals surface area contributed by atoms with E-state index in [1.807, 2.05) is 18.7 Å². The van der Waals surface area contributed by atoms with Gasteiger partial charge in [0.1, 0.15) is 0 Å². The number of thiophene rings is 1. The quantitative estimate of drug-likeness (QED) is 0.824. The minimum Gasteiger partial charge on any atom is -0.334 e. The summed E-state index contributed by atoms with van der Waals surface area (Å²) in [6.07, 6.45) is 4.82. The molecule has 0 spiro atoms. The van der Waals surface area contributed by atoms with Crippen molar-refractivity contribution in [1.29, 1.82) is 0 Å². The van der Waals surface area contributed by atoms with Gasteiger partial charge in [0.25, 0.3) is 0 Å². The highest BCUT2D eigenvalue weighted by Crippen LogP contribution is 2.19. The molecule has 23 heavy (non-hydrogen) atoms. The van der Waals surface area contributed by atoms with Crippen LogP contribution in [0.15, 0.2) is 12.1 Å². The Kier molecular flexibility index (Phi) is 6.63. The van der Waals surface area contributed by atoms with Gasteiger partial charge in [-0.2, -0.15) is 0 Å². The highest BCUT2D eigenvalue weighted by Gasteiger charge is 2.23. The fourth-order valence-electron chi connectivity index (χ4n) is 2.93. The number of carbonyl (C=O) groups excluding carboxylic acids is 2. The monoisotopic (exact) mass is 336 g/mol. The largest absolute Gasteiger partial charge is 0.334 e. The first-order valence-corrected chi connectivity index (χ1v) is 9.41. The molecule has 2 rings (SSSR count). The van der Waals surface area contributed by atoms with Crippen molar-refractivity contribution in [2.75, 3.05) is 13.1 Å². The van der Waals surface area contributed by atoms with Gasteiger partial charge in [0.2, 0.25) is 11.8 Å². The van der Waals surface area contributed by atoms with Crippen LogP contribution in [0.4, 0.5) is 0 Å². The highest BCUT2D eigenvalue weighted by molar-refractivity contribution is 7.11. The zero-order valence-corrected chi connectivity index (χ0v) is 15.3. The number of aryl methyl sites for hydroxylation is 1. The van der Waals surface area contributed by atoms with Crippen LogP contribution in [0.5, 0.6) is 0 Å². The zero-order chi connectivity index (χ0) is 16.8. The average Bonchev–Trinajstić information content (AvgIpc) is 2.89. The van der Waals surface area contributed by atoms with E-state index in [1.165, 1.54) is 9.75 Å². The fraction of sp³-hybridized carbons (Fsp3) is 0.667. The van der Waals surface area contributed by atoms with Gasteiger partial charge in [-0.3, -0.25) is 9.59 Å². The molecule has 128 valence electrons. The molecule has 2 amide bonds. The van der Waals surface area contributed by atoms with Gasteiger partial charge < -0.3 is 9.80 Å². The Morgan fingerprint density at radius 2 is 2.00 bits per heavy atom. The second-order valence-corrected chi connectivity index (χ2v) is 7.98. The van der Waals surface area contributed by atoms with E-state index in [1.54, 1.807) is 16.2 Å². The van der Waals surface area contributed by atoms with E-state index in [0.717, 1.165) is 25.7 Å². The Hall–Kier alpha value is -1.36. The van der Waals surface area contributed by atoms with Gasteiger partial charge in [-0.05, 0) is 45.7 Å². The first-order chi connectivity index (χ1) is 11.0. The van der Waals surface area contributed by atoms with Crippen molar-refractivity contribution in [2.24, 2.45) is 0 Å². The lowest BCUT2D eigenvalue weighted by Crippen LogP contribution is -2.45. The Morgan fingerprint density at radius 1 is 1.26 bits per heavy atom. The summed E-state index contributed by atoms with van der Waals surface area (Å²) in [5, 5.41) is 0. The van der Waals surface area contributed by atoms with Crippen molar-refractivity contribution in [3.63, 3.8) is 0 Å². The van der Waals surface area contributed by atoms with E-state index in [2.05, 4.69) is 19.1 Å². The van der Waals surface area contributed by atoms with Crippen LogP contribution in [0, 0.1) is 6.92 Å². The standard InChI is InChI=1S/C18H28N2O2S/c1-14(2)20(12-16-10-9-15(3)23-16)18(22)13-19-11-7-5-4-6-8-17(19)21/h9-10,14H,4-8,11-13H2,1-3H3. The molecule has 1 aromatic heterocycles. The van der Waals surface area contributed by atoms with Crippen LogP contribution in [0.2, 0.25) is 0 Å². The second kappa shape index (κ2) is 8.48. The minimum absolute atomic E-state index is 0.0555. The highest BCUT2D eigenvalue weighted by atomic mass is 32.1. The molecule has 0 radical (unpaired) electrons. The Labute approximate surface area is 143 Å². The van der Waals surface area contributed by atoms with Crippen molar-refractivity contribution in [3.8, 4) is 0 Å². The molecule has 0 unspecified atom stereocenters. The van der Waals surface area contributed by atoms with E-state index < -0.39 is 0 Å². The van der Waals surface area contributed by atoms with Gasteiger partial charge in [0, 0.05) is 28.8 Å². The van der Waals surface area contributed by atoms with E-state index >= 15 is 0 Å². The zero-order valence-electron chi connectivity index (χ0n) is 14.5. The lowest BCUT2D eigenvalue weighted by atomic mass is 10.1. The van der Waals surface area contributed by atoms with Crippen molar-refractivity contribution >= 4 is 23.2 Å². The summed E-state index contributed by atoms with van der Waals surface area (Å²) >= 11 is 1.73. The third kappa shape index (κ3) is 5.34. The normalized spacial score (nSPS) is 16.3. The van der Waals surface area contributed by atoms with Crippen molar-refractivity contribution in [3.05, 3.63) is 21.9 Å². The molecule has 0 bridgehead atoms. The molecule has 5 heteroatoms. The molecular weight excluding hydrogens is 308 g/mol. The number of carbonyl (C=O) groups is 2. The molecule has 0 saturated carbocycles. The maximum Gasteiger partial charge on any atom is 0.242 e. The first-order valence-electron chi connectivity index (χ1n) is 8.60. The summed E-state index contributed by atoms with van der Waals surface area (Å²) in [6.45, 7) is 7.73. The summed E-state index contributed by atoms with van der Waals surface area (Å²) in [6, 6.07) is 4.31. The van der Waals surface area contributed by atoms with Gasteiger partial charge in [0.05, 0.1) is 13.1 Å². The summed E-state index contributed by atoms with van der Waals surface area (Å²) in [5.41, 5.74) is 0. The average molecular weight is 337 g/mol. The lowest BCUT2D eigenvalue weighted by Gasteiger charge is -2.30. The van der Waals surface area contributed by atoms with Crippen LogP contribution in [0.1, 0.15) is 55.7 Å². The smallest absolute Gasteiger partial charge is 0.242 e. The molecule has 2 heterocycles. The molecule has 1 aliphatic rings. The van der Waals surface area contributed by atoms with Crippen LogP contribution >= 0.6 is 11.3 Å². The second-order valence-electron chi connectivity index (χ2n) is 6.61. The van der Waals surface area contributed by atoms with Crippen LogP contribution in [-0.2, 0) is 16.1 Å². The molecule has 1 fully saturated rings. The molecule has 0 aromatic carbocycles. The van der Waals surface area contributed by atoms with Crippen LogP contribution in [0.3, 0.4) is 0 Å². The minimum atomic E-state index is 0.0555. The molecule has 1 aromatic rings. The third-order valence-electron chi connectivity index (χ3n) is 4.31. The number of hydrogen-bond donors (Lipinski definition) is 0. The topological polar surface area (TPSA) is 40.6 Å². The van der Waals surface area contributed by atoms with Crippen LogP contribution in [0.25, 0.3) is 0 Å². The van der Waals surface area contributed by atoms with Crippen molar-refractivity contribution < 1.29 is 9.59 Å². The SMILES string of the molecule is Cc1ccc(CN(C(=O)CN2CCCCCCC2=O)C(C)C)s1. The summed E-state index contributed by atoms with van der Waals surface area (Å²) < 4.78 is 0. The van der Waals surface area contributed by atoms with Crippen molar-refractivity contribution in [1.82, 2.24) is 9.80 Å². The Morgan fingerprint density at radius 3 is 2.65 bits per heavy atom. The fourth-order valence-corrected chi connectivity index (χ4v) is 3.82. The van der Waals surface area contributed by atoms with Gasteiger partial charge >= 0.3 is 0 Å². The molecular formula is C18H28N2O2S. The summed E-state index contributed by atoms with van der Waals surface area (Å²) in [4.78, 5) is 31.1. The molecule has 1 saturated heterocycles. The van der Waals surface area contributed by atoms with Gasteiger partial charge in [-0.1, -0.05) is 12.8 Å². The molecule has 0 atom stereocenters. The summed E-state index contributed by atoms with van der Waals surface area (Å²) in [5.74, 6) is 0.189. The van der Waals surface area contributed by atoms with Gasteiger partial charge in [-0.25, -0.2) is 0 Å².